The first-order valence-corrected chi connectivity index (χ1v) is 5.21. The highest BCUT2D eigenvalue weighted by atomic mass is 16.5. The smallest absolute Gasteiger partial charge is 0.207 e. The van der Waals surface area contributed by atoms with Gasteiger partial charge in [-0.25, -0.2) is 0 Å². The van der Waals surface area contributed by atoms with Crippen LogP contribution in [0.4, 0.5) is 17.2 Å². The summed E-state index contributed by atoms with van der Waals surface area (Å²) in [5.41, 5.74) is 12.0. The first-order chi connectivity index (χ1) is 8.50. The van der Waals surface area contributed by atoms with E-state index in [0.717, 1.165) is 5.56 Å². The molecule has 0 aliphatic rings. The summed E-state index contributed by atoms with van der Waals surface area (Å²) < 4.78 is 4.97. The van der Waals surface area contributed by atoms with Crippen molar-refractivity contribution in [3.8, 4) is 0 Å². The van der Waals surface area contributed by atoms with Crippen LogP contribution in [-0.4, -0.2) is 15.2 Å². The van der Waals surface area contributed by atoms with E-state index in [4.69, 9.17) is 21.3 Å². The highest BCUT2D eigenvalue weighted by molar-refractivity contribution is 5.74. The highest BCUT2D eigenvalue weighted by Gasteiger charge is 2.14. The standard InChI is InChI=1S/C10H14N6O2/c1-5(6-2-3-18-4-6)14-10-8(12)7(11)9(13)16(17)15-10/h2-5,13,17H,11-12H2,1H3,(H,14,15). The predicted molar refractivity (Wildman–Crippen MR) is 64.8 cm³/mol. The van der Waals surface area contributed by atoms with Crippen LogP contribution in [0, 0.1) is 5.41 Å². The van der Waals surface area contributed by atoms with Crippen molar-refractivity contribution in [2.75, 3.05) is 16.8 Å². The van der Waals surface area contributed by atoms with Gasteiger partial charge in [0, 0.05) is 5.56 Å². The molecule has 0 radical (unpaired) electrons. The number of nitrogens with one attached hydrogen (secondary N) is 2. The molecule has 0 aromatic carbocycles. The lowest BCUT2D eigenvalue weighted by Gasteiger charge is -2.15. The summed E-state index contributed by atoms with van der Waals surface area (Å²) in [4.78, 5) is 0.371. The average Bonchev–Trinajstić information content (AvgIpc) is 2.87. The maximum Gasteiger partial charge on any atom is 0.207 e. The lowest BCUT2D eigenvalue weighted by molar-refractivity contribution is 0.132. The summed E-state index contributed by atoms with van der Waals surface area (Å²) in [6, 6.07) is 1.66. The fourth-order valence-corrected chi connectivity index (χ4v) is 1.48. The van der Waals surface area contributed by atoms with E-state index in [2.05, 4.69) is 10.4 Å². The van der Waals surface area contributed by atoms with Crippen LogP contribution in [-0.2, 0) is 0 Å². The van der Waals surface area contributed by atoms with Crippen molar-refractivity contribution < 1.29 is 9.62 Å². The van der Waals surface area contributed by atoms with Gasteiger partial charge in [0.05, 0.1) is 18.6 Å². The molecule has 0 saturated heterocycles. The van der Waals surface area contributed by atoms with Gasteiger partial charge in [-0.15, -0.1) is 5.10 Å². The molecule has 0 aliphatic heterocycles. The Morgan fingerprint density at radius 3 is 2.83 bits per heavy atom. The van der Waals surface area contributed by atoms with Gasteiger partial charge in [0.25, 0.3) is 0 Å². The number of nitrogen functional groups attached to an aromatic ring is 2. The van der Waals surface area contributed by atoms with Crippen molar-refractivity contribution in [2.24, 2.45) is 0 Å². The van der Waals surface area contributed by atoms with E-state index in [1.807, 2.05) is 6.92 Å². The van der Waals surface area contributed by atoms with Crippen LogP contribution < -0.4 is 22.3 Å². The summed E-state index contributed by atoms with van der Waals surface area (Å²) in [7, 11) is 0. The maximum atomic E-state index is 9.37. The minimum absolute atomic E-state index is 0.0330. The minimum atomic E-state index is -0.353. The van der Waals surface area contributed by atoms with Crippen molar-refractivity contribution in [3.05, 3.63) is 29.6 Å². The molecule has 2 heterocycles. The second kappa shape index (κ2) is 4.32. The minimum Gasteiger partial charge on any atom is -0.472 e. The Hall–Kier alpha value is -2.64. The van der Waals surface area contributed by atoms with Gasteiger partial charge < -0.3 is 26.4 Å². The number of furan rings is 1. The molecule has 8 nitrogen and oxygen atoms in total. The lowest BCUT2D eigenvalue weighted by Crippen LogP contribution is -2.27. The van der Waals surface area contributed by atoms with Crippen LogP contribution in [0.15, 0.2) is 23.0 Å². The van der Waals surface area contributed by atoms with Gasteiger partial charge in [0.1, 0.15) is 11.4 Å². The van der Waals surface area contributed by atoms with Gasteiger partial charge in [-0.3, -0.25) is 5.41 Å². The summed E-state index contributed by atoms with van der Waals surface area (Å²) in [5, 5.41) is 23.5. The molecule has 0 spiro atoms. The molecule has 1 atom stereocenters. The van der Waals surface area contributed by atoms with Crippen molar-refractivity contribution in [3.63, 3.8) is 0 Å². The zero-order valence-electron chi connectivity index (χ0n) is 9.71. The third kappa shape index (κ3) is 1.95. The number of hydrogen-bond acceptors (Lipinski definition) is 7. The van der Waals surface area contributed by atoms with Crippen LogP contribution in [0.25, 0.3) is 0 Å². The van der Waals surface area contributed by atoms with Gasteiger partial charge in [-0.05, 0) is 13.0 Å². The first kappa shape index (κ1) is 11.8. The Labute approximate surface area is 102 Å². The fourth-order valence-electron chi connectivity index (χ4n) is 1.48. The highest BCUT2D eigenvalue weighted by Crippen LogP contribution is 2.24. The number of nitrogens with two attached hydrogens (primary N) is 2. The van der Waals surface area contributed by atoms with Crippen LogP contribution in [0.1, 0.15) is 18.5 Å². The van der Waals surface area contributed by atoms with E-state index < -0.39 is 0 Å². The Bertz CT molecular complexity index is 604. The molecule has 8 heteroatoms. The molecule has 0 aliphatic carbocycles. The average molecular weight is 250 g/mol. The van der Waals surface area contributed by atoms with Gasteiger partial charge in [-0.1, -0.05) is 4.85 Å². The molecule has 0 saturated carbocycles. The molecule has 7 N–H and O–H groups in total. The predicted octanol–water partition coefficient (Wildman–Crippen LogP) is 0.530. The summed E-state index contributed by atoms with van der Waals surface area (Å²) in [5.74, 6) is 0.208. The third-order valence-corrected chi connectivity index (χ3v) is 2.59. The zero-order valence-corrected chi connectivity index (χ0v) is 9.71. The van der Waals surface area contributed by atoms with Crippen LogP contribution in [0.3, 0.4) is 0 Å². The zero-order chi connectivity index (χ0) is 13.3. The molecule has 0 bridgehead atoms. The Kier molecular flexibility index (Phi) is 2.84. The van der Waals surface area contributed by atoms with Crippen molar-refractivity contribution in [1.29, 1.82) is 5.41 Å². The molecular formula is C10H14N6O2. The molecule has 96 valence electrons. The number of nitrogens with zero attached hydrogens (tertiary/aromatic N) is 2. The summed E-state index contributed by atoms with van der Waals surface area (Å²) in [6.07, 6.45) is 3.14. The summed E-state index contributed by atoms with van der Waals surface area (Å²) in [6.45, 7) is 1.87. The second-order valence-electron chi connectivity index (χ2n) is 3.84. The van der Waals surface area contributed by atoms with Crippen LogP contribution >= 0.6 is 0 Å². The van der Waals surface area contributed by atoms with Gasteiger partial charge in [-0.2, -0.15) is 0 Å². The monoisotopic (exact) mass is 250 g/mol. The quantitative estimate of drug-likeness (QED) is 0.503. The van der Waals surface area contributed by atoms with E-state index in [1.54, 1.807) is 18.6 Å². The largest absolute Gasteiger partial charge is 0.472 e. The normalized spacial score (nSPS) is 12.3. The van der Waals surface area contributed by atoms with Crippen LogP contribution in [0.2, 0.25) is 0 Å². The van der Waals surface area contributed by atoms with Gasteiger partial charge in [0.15, 0.2) is 5.82 Å². The second-order valence-corrected chi connectivity index (χ2v) is 3.84. The maximum absolute atomic E-state index is 9.37. The van der Waals surface area contributed by atoms with Crippen molar-refractivity contribution in [1.82, 2.24) is 9.94 Å². The van der Waals surface area contributed by atoms with E-state index in [1.165, 1.54) is 0 Å². The number of anilines is 3. The number of aromatic nitrogens is 2. The van der Waals surface area contributed by atoms with Crippen LogP contribution in [0.5, 0.6) is 0 Å². The molecule has 1 unspecified atom stereocenters. The Balaban J connectivity index is 2.33. The van der Waals surface area contributed by atoms with E-state index >= 15 is 0 Å². The number of hydrogen-bond donors (Lipinski definition) is 5. The molecule has 0 fully saturated rings. The third-order valence-electron chi connectivity index (χ3n) is 2.59. The fraction of sp³-hybridized carbons (Fsp3) is 0.200. The topological polar surface area (TPSA) is 139 Å². The molecule has 2 rings (SSSR count). The number of rotatable bonds is 3. The lowest BCUT2D eigenvalue weighted by atomic mass is 10.2. The van der Waals surface area contributed by atoms with E-state index in [-0.39, 0.29) is 28.7 Å². The van der Waals surface area contributed by atoms with Gasteiger partial charge in [0.2, 0.25) is 5.49 Å². The molecule has 0 amide bonds. The first-order valence-electron chi connectivity index (χ1n) is 5.21. The molecule has 18 heavy (non-hydrogen) atoms. The molecule has 2 aromatic rings. The van der Waals surface area contributed by atoms with Crippen molar-refractivity contribution in [2.45, 2.75) is 13.0 Å². The molecule has 2 aromatic heterocycles. The SMILES string of the molecule is CC(Nc1nn(O)c(=N)c(N)c1N)c1ccoc1. The molecular weight excluding hydrogens is 236 g/mol. The van der Waals surface area contributed by atoms with E-state index in [0.29, 0.717) is 4.85 Å². The van der Waals surface area contributed by atoms with Crippen molar-refractivity contribution >= 4 is 17.2 Å². The van der Waals surface area contributed by atoms with E-state index in [9.17, 15) is 5.21 Å². The Morgan fingerprint density at radius 2 is 2.22 bits per heavy atom. The Morgan fingerprint density at radius 1 is 1.50 bits per heavy atom. The summed E-state index contributed by atoms with van der Waals surface area (Å²) >= 11 is 0. The van der Waals surface area contributed by atoms with Gasteiger partial charge >= 0.3 is 0 Å².